The summed E-state index contributed by atoms with van der Waals surface area (Å²) in [6.07, 6.45) is 0.392. The van der Waals surface area contributed by atoms with E-state index in [1.54, 1.807) is 0 Å². The van der Waals surface area contributed by atoms with Gasteiger partial charge in [-0.2, -0.15) is 0 Å². The molecule has 4 aromatic rings. The summed E-state index contributed by atoms with van der Waals surface area (Å²) in [5, 5.41) is 5.24. The third-order valence-corrected chi connectivity index (χ3v) is 6.24. The Bertz CT molecular complexity index is 1240. The van der Waals surface area contributed by atoms with Crippen molar-refractivity contribution in [3.05, 3.63) is 106 Å². The normalized spacial score (nSPS) is 15.5. The van der Waals surface area contributed by atoms with Crippen LogP contribution in [0, 0.1) is 0 Å². The van der Waals surface area contributed by atoms with Gasteiger partial charge in [0.1, 0.15) is 12.4 Å². The van der Waals surface area contributed by atoms with Crippen LogP contribution in [0.15, 0.2) is 89.4 Å². The van der Waals surface area contributed by atoms with E-state index in [4.69, 9.17) is 4.74 Å². The maximum absolute atomic E-state index is 12.7. The molecule has 1 atom stereocenters. The number of fused-ring (bicyclic) bond motifs is 3. The molecule has 4 heteroatoms. The van der Waals surface area contributed by atoms with Crippen molar-refractivity contribution in [3.8, 4) is 5.75 Å². The van der Waals surface area contributed by atoms with Gasteiger partial charge in [0, 0.05) is 27.8 Å². The zero-order valence-electron chi connectivity index (χ0n) is 16.3. The number of amides is 1. The van der Waals surface area contributed by atoms with Crippen molar-refractivity contribution < 1.29 is 9.53 Å². The number of nitrogens with one attached hydrogen (secondary N) is 1. The fourth-order valence-electron chi connectivity index (χ4n) is 4.16. The summed E-state index contributed by atoms with van der Waals surface area (Å²) in [5.41, 5.74) is 4.15. The molecule has 0 radical (unpaired) electrons. The minimum absolute atomic E-state index is 0.0258. The monoisotopic (exact) mass is 457 g/mol. The molecule has 3 nitrogen and oxygen atoms in total. The lowest BCUT2D eigenvalue weighted by atomic mass is 9.83. The molecule has 0 aliphatic carbocycles. The Morgan fingerprint density at radius 1 is 0.867 bits per heavy atom. The Morgan fingerprint density at radius 3 is 2.40 bits per heavy atom. The molecule has 0 saturated carbocycles. The first-order chi connectivity index (χ1) is 14.7. The molecule has 0 fully saturated rings. The number of anilines is 1. The van der Waals surface area contributed by atoms with Gasteiger partial charge in [-0.05, 0) is 28.6 Å². The number of halogens is 1. The molecule has 0 bridgehead atoms. The minimum atomic E-state index is -0.0679. The highest BCUT2D eigenvalue weighted by atomic mass is 79.9. The second-order valence-corrected chi connectivity index (χ2v) is 8.34. The molecule has 0 saturated heterocycles. The highest BCUT2D eigenvalue weighted by molar-refractivity contribution is 9.10. The topological polar surface area (TPSA) is 38.3 Å². The van der Waals surface area contributed by atoms with Gasteiger partial charge in [0.2, 0.25) is 5.91 Å². The Morgan fingerprint density at radius 2 is 1.57 bits per heavy atom. The second kappa shape index (κ2) is 7.96. The first-order valence-electron chi connectivity index (χ1n) is 9.97. The van der Waals surface area contributed by atoms with Gasteiger partial charge in [-0.1, -0.05) is 88.7 Å². The lowest BCUT2D eigenvalue weighted by Crippen LogP contribution is -2.24. The first kappa shape index (κ1) is 18.9. The van der Waals surface area contributed by atoms with E-state index in [0.717, 1.165) is 43.4 Å². The van der Waals surface area contributed by atoms with E-state index in [-0.39, 0.29) is 11.8 Å². The van der Waals surface area contributed by atoms with Crippen molar-refractivity contribution in [2.45, 2.75) is 18.9 Å². The van der Waals surface area contributed by atoms with Gasteiger partial charge < -0.3 is 10.1 Å². The number of carbonyl (C=O) groups is 1. The van der Waals surface area contributed by atoms with E-state index in [0.29, 0.717) is 13.0 Å². The third kappa shape index (κ3) is 3.48. The van der Waals surface area contributed by atoms with Crippen molar-refractivity contribution in [2.24, 2.45) is 0 Å². The van der Waals surface area contributed by atoms with Crippen molar-refractivity contribution in [2.75, 3.05) is 5.32 Å². The molecule has 0 aromatic heterocycles. The number of para-hydroxylation sites is 1. The highest BCUT2D eigenvalue weighted by Crippen LogP contribution is 2.45. The van der Waals surface area contributed by atoms with E-state index in [1.165, 1.54) is 0 Å². The molecule has 1 aliphatic rings. The van der Waals surface area contributed by atoms with Crippen molar-refractivity contribution in [3.63, 3.8) is 0 Å². The smallest absolute Gasteiger partial charge is 0.225 e. The predicted molar refractivity (Wildman–Crippen MR) is 124 cm³/mol. The summed E-state index contributed by atoms with van der Waals surface area (Å²) in [6, 6.07) is 28.4. The van der Waals surface area contributed by atoms with Gasteiger partial charge >= 0.3 is 0 Å². The summed E-state index contributed by atoms with van der Waals surface area (Å²) in [5.74, 6) is 0.774. The third-order valence-electron chi connectivity index (χ3n) is 5.59. The van der Waals surface area contributed by atoms with Crippen LogP contribution in [0.1, 0.15) is 29.0 Å². The van der Waals surface area contributed by atoms with Gasteiger partial charge in [-0.3, -0.25) is 4.79 Å². The minimum Gasteiger partial charge on any atom is -0.489 e. The van der Waals surface area contributed by atoms with E-state index in [1.807, 2.05) is 48.5 Å². The fourth-order valence-corrected chi connectivity index (χ4v) is 4.76. The van der Waals surface area contributed by atoms with Crippen LogP contribution in [-0.4, -0.2) is 5.91 Å². The number of carbonyl (C=O) groups excluding carboxylic acids is 1. The summed E-state index contributed by atoms with van der Waals surface area (Å²) >= 11 is 3.73. The Balaban J connectivity index is 1.58. The predicted octanol–water partition coefficient (Wildman–Crippen LogP) is 6.66. The van der Waals surface area contributed by atoms with Crippen LogP contribution in [0.25, 0.3) is 10.8 Å². The van der Waals surface area contributed by atoms with E-state index < -0.39 is 0 Å². The molecular formula is C26H20BrNO2. The average molecular weight is 458 g/mol. The Kier molecular flexibility index (Phi) is 5.01. The fraction of sp³-hybridized carbons (Fsp3) is 0.115. The maximum atomic E-state index is 12.7. The Labute approximate surface area is 183 Å². The zero-order chi connectivity index (χ0) is 20.5. The second-order valence-electron chi connectivity index (χ2n) is 7.49. The summed E-state index contributed by atoms with van der Waals surface area (Å²) < 4.78 is 7.23. The van der Waals surface area contributed by atoms with Crippen LogP contribution in [0.5, 0.6) is 5.75 Å². The molecule has 148 valence electrons. The molecule has 4 aromatic carbocycles. The molecule has 30 heavy (non-hydrogen) atoms. The van der Waals surface area contributed by atoms with Crippen LogP contribution in [-0.2, 0) is 11.4 Å². The van der Waals surface area contributed by atoms with Crippen LogP contribution in [0.2, 0.25) is 0 Å². The number of benzene rings is 4. The average Bonchev–Trinajstić information content (AvgIpc) is 2.79. The van der Waals surface area contributed by atoms with Gasteiger partial charge in [0.25, 0.3) is 0 Å². The summed E-state index contributed by atoms with van der Waals surface area (Å²) in [4.78, 5) is 12.7. The molecule has 1 N–H and O–H groups in total. The molecule has 1 amide bonds. The number of rotatable bonds is 4. The van der Waals surface area contributed by atoms with Crippen molar-refractivity contribution in [1.29, 1.82) is 0 Å². The number of ether oxygens (including phenoxy) is 1. The quantitative estimate of drug-likeness (QED) is 0.372. The molecule has 0 spiro atoms. The lowest BCUT2D eigenvalue weighted by molar-refractivity contribution is -0.116. The van der Waals surface area contributed by atoms with Gasteiger partial charge in [-0.25, -0.2) is 0 Å². The first-order valence-corrected chi connectivity index (χ1v) is 10.8. The van der Waals surface area contributed by atoms with Gasteiger partial charge in [0.15, 0.2) is 0 Å². The largest absolute Gasteiger partial charge is 0.489 e. The van der Waals surface area contributed by atoms with Crippen LogP contribution < -0.4 is 10.1 Å². The van der Waals surface area contributed by atoms with Crippen LogP contribution >= 0.6 is 15.9 Å². The zero-order valence-corrected chi connectivity index (χ0v) is 17.9. The number of hydrogen-bond acceptors (Lipinski definition) is 2. The van der Waals surface area contributed by atoms with E-state index in [2.05, 4.69) is 57.6 Å². The van der Waals surface area contributed by atoms with Gasteiger partial charge in [-0.15, -0.1) is 0 Å². The van der Waals surface area contributed by atoms with Gasteiger partial charge in [0.05, 0.1) is 5.69 Å². The summed E-state index contributed by atoms with van der Waals surface area (Å²) in [7, 11) is 0. The maximum Gasteiger partial charge on any atom is 0.225 e. The molecular weight excluding hydrogens is 438 g/mol. The van der Waals surface area contributed by atoms with E-state index in [9.17, 15) is 4.79 Å². The molecule has 1 aliphatic heterocycles. The van der Waals surface area contributed by atoms with Crippen LogP contribution in [0.4, 0.5) is 5.69 Å². The molecule has 5 rings (SSSR count). The molecule has 1 unspecified atom stereocenters. The highest BCUT2D eigenvalue weighted by Gasteiger charge is 2.30. The standard InChI is InChI=1S/C26H20BrNO2/c27-23-14-22-21(15-25(29)28-26(22)20-12-5-4-10-18(20)23)19-11-6-7-13-24(19)30-16-17-8-2-1-3-9-17/h1-14,21H,15-16H2,(H,28,29). The lowest BCUT2D eigenvalue weighted by Gasteiger charge is -2.29. The molecule has 1 heterocycles. The van der Waals surface area contributed by atoms with E-state index >= 15 is 0 Å². The summed E-state index contributed by atoms with van der Waals surface area (Å²) in [6.45, 7) is 0.491. The van der Waals surface area contributed by atoms with Crippen molar-refractivity contribution >= 4 is 38.3 Å². The SMILES string of the molecule is O=C1CC(c2ccccc2OCc2ccccc2)c2cc(Br)c3ccccc3c2N1. The van der Waals surface area contributed by atoms with Crippen molar-refractivity contribution in [1.82, 2.24) is 0 Å². The Hall–Kier alpha value is -3.11. The number of hydrogen-bond donors (Lipinski definition) is 1. The van der Waals surface area contributed by atoms with Crippen LogP contribution in [0.3, 0.4) is 0 Å².